The van der Waals surface area contributed by atoms with E-state index in [0.717, 1.165) is 36.8 Å². The van der Waals surface area contributed by atoms with Gasteiger partial charge < -0.3 is 14.5 Å². The summed E-state index contributed by atoms with van der Waals surface area (Å²) in [5, 5.41) is 0.624. The monoisotopic (exact) mass is 576 g/mol. The molecule has 41 heavy (non-hydrogen) atoms. The van der Waals surface area contributed by atoms with Crippen molar-refractivity contribution in [2.75, 3.05) is 26.7 Å². The summed E-state index contributed by atoms with van der Waals surface area (Å²) in [7, 11) is 1.83. The number of rotatable bonds is 9. The van der Waals surface area contributed by atoms with E-state index in [1.807, 2.05) is 60.5 Å². The molecular formula is C34H38ClFN2O3. The molecule has 1 heterocycles. The molecule has 7 heteroatoms. The molecule has 1 aliphatic heterocycles. The molecule has 0 N–H and O–H groups in total. The summed E-state index contributed by atoms with van der Waals surface area (Å²) in [6, 6.07) is 23.6. The molecule has 5 rings (SSSR count). The van der Waals surface area contributed by atoms with Gasteiger partial charge in [-0.15, -0.1) is 0 Å². The maximum absolute atomic E-state index is 14.3. The molecule has 0 spiro atoms. The molecule has 2 aliphatic rings. The Balaban J connectivity index is 1.39. The van der Waals surface area contributed by atoms with Gasteiger partial charge in [-0.3, -0.25) is 9.59 Å². The van der Waals surface area contributed by atoms with Gasteiger partial charge in [-0.25, -0.2) is 4.39 Å². The minimum atomic E-state index is -0.726. The van der Waals surface area contributed by atoms with Crippen LogP contribution in [0.25, 0.3) is 0 Å². The molecule has 1 atom stereocenters. The molecule has 2 fully saturated rings. The number of hydrogen-bond acceptors (Lipinski definition) is 3. The summed E-state index contributed by atoms with van der Waals surface area (Å²) in [6.45, 7) is 1.85. The standard InChI is InChI=1S/C34H38ClFN2O3/c1-37(23-26-9-3-2-4-10-26)31(39)22-33(25-41-30-15-13-28(35)14-16-30)17-8-20-38(24-33)32(40)34(18-5-6-19-34)27-11-7-12-29(36)21-27/h2-4,7,9-16,21H,5-6,8,17-20,22-25H2,1H3/t33-/m0/s1. The first-order valence-electron chi connectivity index (χ1n) is 14.5. The van der Waals surface area contributed by atoms with E-state index in [0.29, 0.717) is 49.9 Å². The fraction of sp³-hybridized carbons (Fsp3) is 0.412. The number of carbonyl (C=O) groups excluding carboxylic acids is 2. The van der Waals surface area contributed by atoms with Crippen LogP contribution in [0.15, 0.2) is 78.9 Å². The Hall–Kier alpha value is -3.38. The Kier molecular flexibility index (Phi) is 8.98. The zero-order valence-corrected chi connectivity index (χ0v) is 24.4. The molecule has 0 radical (unpaired) electrons. The summed E-state index contributed by atoms with van der Waals surface area (Å²) < 4.78 is 20.6. The maximum Gasteiger partial charge on any atom is 0.233 e. The molecule has 216 valence electrons. The quantitative estimate of drug-likeness (QED) is 0.275. The SMILES string of the molecule is CN(Cc1ccccc1)C(=O)C[C@@]1(COc2ccc(Cl)cc2)CCCN(C(=O)C2(c3cccc(F)c3)CCCC2)C1. The van der Waals surface area contributed by atoms with E-state index in [-0.39, 0.29) is 24.1 Å². The molecule has 2 amide bonds. The minimum absolute atomic E-state index is 0.0172. The summed E-state index contributed by atoms with van der Waals surface area (Å²) in [5.41, 5.74) is 0.536. The highest BCUT2D eigenvalue weighted by Crippen LogP contribution is 2.45. The summed E-state index contributed by atoms with van der Waals surface area (Å²) in [5.74, 6) is 0.414. The average Bonchev–Trinajstić information content (AvgIpc) is 3.49. The highest BCUT2D eigenvalue weighted by molar-refractivity contribution is 6.30. The third-order valence-corrected chi connectivity index (χ3v) is 9.02. The zero-order valence-electron chi connectivity index (χ0n) is 23.7. The summed E-state index contributed by atoms with van der Waals surface area (Å²) >= 11 is 6.07. The van der Waals surface area contributed by atoms with E-state index in [9.17, 15) is 14.0 Å². The van der Waals surface area contributed by atoms with Crippen LogP contribution in [0.4, 0.5) is 4.39 Å². The van der Waals surface area contributed by atoms with Gasteiger partial charge in [0.1, 0.15) is 11.6 Å². The van der Waals surface area contributed by atoms with Gasteiger partial charge in [-0.2, -0.15) is 0 Å². The molecule has 0 aromatic heterocycles. The van der Waals surface area contributed by atoms with Crippen LogP contribution in [0, 0.1) is 11.2 Å². The smallest absolute Gasteiger partial charge is 0.233 e. The van der Waals surface area contributed by atoms with Crippen molar-refractivity contribution < 1.29 is 18.7 Å². The van der Waals surface area contributed by atoms with Gasteiger partial charge >= 0.3 is 0 Å². The number of carbonyl (C=O) groups is 2. The number of hydrogen-bond donors (Lipinski definition) is 0. The number of likely N-dealkylation sites (tertiary alicyclic amines) is 1. The van der Waals surface area contributed by atoms with Gasteiger partial charge in [-0.05, 0) is 73.2 Å². The fourth-order valence-corrected chi connectivity index (χ4v) is 6.68. The lowest BCUT2D eigenvalue weighted by molar-refractivity contribution is -0.145. The first-order chi connectivity index (χ1) is 19.8. The van der Waals surface area contributed by atoms with Crippen LogP contribution in [0.3, 0.4) is 0 Å². The van der Waals surface area contributed by atoms with E-state index in [1.54, 1.807) is 23.1 Å². The largest absolute Gasteiger partial charge is 0.493 e. The van der Waals surface area contributed by atoms with Crippen LogP contribution < -0.4 is 4.74 Å². The van der Waals surface area contributed by atoms with Crippen LogP contribution >= 0.6 is 11.6 Å². The Morgan fingerprint density at radius 2 is 1.68 bits per heavy atom. The number of benzene rings is 3. The Morgan fingerprint density at radius 1 is 0.951 bits per heavy atom. The highest BCUT2D eigenvalue weighted by atomic mass is 35.5. The van der Waals surface area contributed by atoms with E-state index < -0.39 is 10.8 Å². The number of amides is 2. The van der Waals surface area contributed by atoms with Crippen LogP contribution in [-0.4, -0.2) is 48.4 Å². The number of halogens is 2. The van der Waals surface area contributed by atoms with Crippen molar-refractivity contribution in [3.8, 4) is 5.75 Å². The summed E-state index contributed by atoms with van der Waals surface area (Å²) in [4.78, 5) is 31.7. The molecule has 0 unspecified atom stereocenters. The van der Waals surface area contributed by atoms with Crippen LogP contribution in [0.1, 0.15) is 56.1 Å². The van der Waals surface area contributed by atoms with Crippen LogP contribution in [0.2, 0.25) is 5.02 Å². The topological polar surface area (TPSA) is 49.9 Å². The van der Waals surface area contributed by atoms with Crippen molar-refractivity contribution in [1.29, 1.82) is 0 Å². The molecule has 5 nitrogen and oxygen atoms in total. The maximum atomic E-state index is 14.3. The van der Waals surface area contributed by atoms with Crippen molar-refractivity contribution in [2.24, 2.45) is 5.41 Å². The number of nitrogens with zero attached hydrogens (tertiary/aromatic N) is 2. The zero-order chi connectivity index (χ0) is 28.9. The van der Waals surface area contributed by atoms with Crippen molar-refractivity contribution >= 4 is 23.4 Å². The normalized spacial score (nSPS) is 20.0. The molecule has 1 aliphatic carbocycles. The first kappa shape index (κ1) is 29.1. The second kappa shape index (κ2) is 12.6. The van der Waals surface area contributed by atoms with Gasteiger partial charge in [0, 0.05) is 43.5 Å². The van der Waals surface area contributed by atoms with E-state index in [2.05, 4.69) is 0 Å². The number of piperidine rings is 1. The number of ether oxygens (including phenoxy) is 1. The predicted octanol–water partition coefficient (Wildman–Crippen LogP) is 7.03. The van der Waals surface area contributed by atoms with Crippen molar-refractivity contribution in [3.63, 3.8) is 0 Å². The van der Waals surface area contributed by atoms with Gasteiger partial charge in [-0.1, -0.05) is 66.9 Å². The predicted molar refractivity (Wildman–Crippen MR) is 159 cm³/mol. The van der Waals surface area contributed by atoms with Gasteiger partial charge in [0.2, 0.25) is 11.8 Å². The average molecular weight is 577 g/mol. The lowest BCUT2D eigenvalue weighted by atomic mass is 9.74. The molecule has 0 bridgehead atoms. The van der Waals surface area contributed by atoms with Gasteiger partial charge in [0.25, 0.3) is 0 Å². The van der Waals surface area contributed by atoms with E-state index in [4.69, 9.17) is 16.3 Å². The highest BCUT2D eigenvalue weighted by Gasteiger charge is 2.48. The van der Waals surface area contributed by atoms with Crippen molar-refractivity contribution in [3.05, 3.63) is 101 Å². The van der Waals surface area contributed by atoms with Crippen molar-refractivity contribution in [1.82, 2.24) is 9.80 Å². The molecule has 1 saturated heterocycles. The van der Waals surface area contributed by atoms with E-state index in [1.165, 1.54) is 12.1 Å². The molecule has 3 aromatic carbocycles. The Bertz CT molecular complexity index is 1340. The second-order valence-electron chi connectivity index (χ2n) is 11.8. The molecule has 1 saturated carbocycles. The lowest BCUT2D eigenvalue weighted by Crippen LogP contribution is -2.55. The minimum Gasteiger partial charge on any atom is -0.493 e. The van der Waals surface area contributed by atoms with Crippen LogP contribution in [0.5, 0.6) is 5.75 Å². The van der Waals surface area contributed by atoms with Crippen molar-refractivity contribution in [2.45, 2.75) is 56.9 Å². The Labute approximate surface area is 247 Å². The fourth-order valence-electron chi connectivity index (χ4n) is 6.56. The third-order valence-electron chi connectivity index (χ3n) is 8.77. The van der Waals surface area contributed by atoms with E-state index >= 15 is 0 Å². The summed E-state index contributed by atoms with van der Waals surface area (Å²) in [6.07, 6.45) is 5.08. The second-order valence-corrected chi connectivity index (χ2v) is 12.2. The molecular weight excluding hydrogens is 539 g/mol. The van der Waals surface area contributed by atoms with Gasteiger partial charge in [0.05, 0.1) is 12.0 Å². The van der Waals surface area contributed by atoms with Crippen LogP contribution in [-0.2, 0) is 21.5 Å². The first-order valence-corrected chi connectivity index (χ1v) is 14.9. The lowest BCUT2D eigenvalue weighted by Gasteiger charge is -2.45. The third kappa shape index (κ3) is 6.75. The van der Waals surface area contributed by atoms with Gasteiger partial charge in [0.15, 0.2) is 0 Å². The Morgan fingerprint density at radius 3 is 2.39 bits per heavy atom. The molecule has 3 aromatic rings.